The normalized spacial score (nSPS) is 14.2. The van der Waals surface area contributed by atoms with E-state index in [-0.39, 0.29) is 78.2 Å². The molecule has 4 amide bonds. The first-order chi connectivity index (χ1) is 32.8. The number of fused-ring (bicyclic) bond motifs is 8. The Hall–Kier alpha value is -9.70. The van der Waals surface area contributed by atoms with Crippen LogP contribution in [0.3, 0.4) is 0 Å². The summed E-state index contributed by atoms with van der Waals surface area (Å²) in [5, 5.41) is 0.0660. The average Bonchev–Trinajstić information content (AvgIpc) is 3.93. The zero-order valence-corrected chi connectivity index (χ0v) is 35.2. The molecule has 16 heteroatoms. The minimum absolute atomic E-state index is 0.0105. The van der Waals surface area contributed by atoms with Gasteiger partial charge in [-0.15, -0.1) is 0 Å². The fourth-order valence-electron chi connectivity index (χ4n) is 9.29. The molecule has 2 aromatic heterocycles. The Labute approximate surface area is 379 Å². The molecule has 4 aliphatic rings. The average molecular weight is 899 g/mol. The Morgan fingerprint density at radius 1 is 0.338 bits per heavy atom. The van der Waals surface area contributed by atoms with Gasteiger partial charge in [-0.2, -0.15) is 0 Å². The van der Waals surface area contributed by atoms with Crippen LogP contribution in [0.1, 0.15) is 47.0 Å². The first-order valence-electron chi connectivity index (χ1n) is 21.0. The monoisotopic (exact) mass is 898 g/mol. The number of nitrogens with zero attached hydrogens (tertiary/aromatic N) is 4. The Balaban J connectivity index is 0.751. The van der Waals surface area contributed by atoms with Crippen molar-refractivity contribution in [2.45, 2.75) is 6.92 Å². The second-order valence-electron chi connectivity index (χ2n) is 16.7. The van der Waals surface area contributed by atoms with Gasteiger partial charge in [-0.25, -0.2) is 14.4 Å². The molecule has 6 heterocycles. The summed E-state index contributed by atoms with van der Waals surface area (Å²) in [6.07, 6.45) is 0. The fraction of sp³-hybridized carbons (Fsp3) is 0.0385. The minimum atomic E-state index is -0.681. The number of benzene rings is 7. The molecule has 326 valence electrons. The van der Waals surface area contributed by atoms with E-state index in [0.29, 0.717) is 39.8 Å². The second-order valence-corrected chi connectivity index (χ2v) is 16.7. The van der Waals surface area contributed by atoms with E-state index in [4.69, 9.17) is 18.9 Å². The van der Waals surface area contributed by atoms with E-state index in [0.717, 1.165) is 24.5 Å². The molecule has 4 aliphatic heterocycles. The highest BCUT2D eigenvalue weighted by Crippen LogP contribution is 2.49. The number of amides is 4. The van der Waals surface area contributed by atoms with E-state index in [1.807, 2.05) is 19.1 Å². The van der Waals surface area contributed by atoms with Gasteiger partial charge in [0.25, 0.3) is 45.9 Å². The molecule has 13 rings (SSSR count). The lowest BCUT2D eigenvalue weighted by molar-refractivity contribution is 0.0910. The molecule has 16 nitrogen and oxygen atoms in total. The minimum Gasteiger partial charge on any atom is -0.450 e. The van der Waals surface area contributed by atoms with Gasteiger partial charge in [0.15, 0.2) is 46.0 Å². The number of imide groups is 2. The highest BCUT2D eigenvalue weighted by molar-refractivity contribution is 6.36. The van der Waals surface area contributed by atoms with E-state index in [1.54, 1.807) is 54.6 Å². The van der Waals surface area contributed by atoms with E-state index >= 15 is 0 Å². The molecule has 0 unspecified atom stereocenters. The fourth-order valence-corrected chi connectivity index (χ4v) is 9.29. The molecule has 0 N–H and O–H groups in total. The Morgan fingerprint density at radius 2 is 0.706 bits per heavy atom. The van der Waals surface area contributed by atoms with Crippen LogP contribution in [0.4, 0.5) is 11.4 Å². The predicted molar refractivity (Wildman–Crippen MR) is 246 cm³/mol. The third-order valence-electron chi connectivity index (χ3n) is 12.7. The molecule has 0 aliphatic carbocycles. The van der Waals surface area contributed by atoms with Gasteiger partial charge in [0, 0.05) is 25.2 Å². The van der Waals surface area contributed by atoms with Gasteiger partial charge >= 0.3 is 0 Å². The number of ether oxygens (including phenoxy) is 4. The lowest BCUT2D eigenvalue weighted by Crippen LogP contribution is -2.29. The smallest absolute Gasteiger partial charge is 0.266 e. The van der Waals surface area contributed by atoms with Gasteiger partial charge in [-0.3, -0.25) is 42.9 Å². The van der Waals surface area contributed by atoms with E-state index in [9.17, 15) is 38.4 Å². The van der Waals surface area contributed by atoms with Crippen LogP contribution in [0.15, 0.2) is 141 Å². The third kappa shape index (κ3) is 5.30. The largest absolute Gasteiger partial charge is 0.450 e. The molecular weight excluding hydrogens is 873 g/mol. The lowest BCUT2D eigenvalue weighted by atomic mass is 9.97. The van der Waals surface area contributed by atoms with Crippen molar-refractivity contribution in [3.05, 3.63) is 191 Å². The summed E-state index contributed by atoms with van der Waals surface area (Å²) < 4.78 is 26.2. The molecule has 0 saturated carbocycles. The molecule has 7 aromatic carbocycles. The molecule has 0 radical (unpaired) electrons. The van der Waals surface area contributed by atoms with Crippen molar-refractivity contribution in [2.24, 2.45) is 7.05 Å². The van der Waals surface area contributed by atoms with Crippen LogP contribution in [0, 0.1) is 6.92 Å². The summed E-state index contributed by atoms with van der Waals surface area (Å²) in [6, 6.07) is 31.4. The summed E-state index contributed by atoms with van der Waals surface area (Å²) >= 11 is 0. The molecule has 0 fully saturated rings. The van der Waals surface area contributed by atoms with Crippen LogP contribution in [0.2, 0.25) is 0 Å². The molecule has 0 bridgehead atoms. The van der Waals surface area contributed by atoms with Crippen molar-refractivity contribution >= 4 is 56.5 Å². The maximum Gasteiger partial charge on any atom is 0.266 e. The summed E-state index contributed by atoms with van der Waals surface area (Å²) in [7, 11) is 1.33. The Bertz CT molecular complexity index is 4080. The van der Waals surface area contributed by atoms with Crippen LogP contribution in [0.25, 0.3) is 38.4 Å². The van der Waals surface area contributed by atoms with E-state index < -0.39 is 45.9 Å². The number of carbonyl (C=O) groups is 4. The second kappa shape index (κ2) is 13.4. The number of hydrogen-bond acceptors (Lipinski definition) is 12. The molecule has 0 atom stereocenters. The standard InChI is InChI=1S/C52H26N4O12/c1-23-3-11-37-41(15-23)65-38-12-6-26(18-42(38)66-37)54-47(59)29-9-4-24(16-31(29)49(54)61)25-5-10-30-32(17-25)50(62)55(48(30)60)27-7-13-39-43(19-27)67-40-14-8-28(20-44(40)68-39)56-51(63)35-21-33-34(22-36(35)52(56)64)46(58)53(2)45(33)57/h3-22H,1-2H3. The highest BCUT2D eigenvalue weighted by atomic mass is 16.6. The maximum atomic E-state index is 14.0. The van der Waals surface area contributed by atoms with Gasteiger partial charge in [0.1, 0.15) is 0 Å². The quantitative estimate of drug-likeness (QED) is 0.156. The Morgan fingerprint density at radius 3 is 1.16 bits per heavy atom. The van der Waals surface area contributed by atoms with Crippen LogP contribution in [0.5, 0.6) is 46.0 Å². The van der Waals surface area contributed by atoms with E-state index in [1.165, 1.54) is 61.6 Å². The highest BCUT2D eigenvalue weighted by Gasteiger charge is 2.40. The number of rotatable bonds is 4. The number of hydrogen-bond donors (Lipinski definition) is 0. The zero-order valence-electron chi connectivity index (χ0n) is 35.2. The Kier molecular flexibility index (Phi) is 7.65. The van der Waals surface area contributed by atoms with Gasteiger partial charge in [0.2, 0.25) is 0 Å². The van der Waals surface area contributed by atoms with Crippen LogP contribution >= 0.6 is 0 Å². The summed E-state index contributed by atoms with van der Waals surface area (Å²) in [4.78, 5) is 110. The number of anilines is 2. The zero-order chi connectivity index (χ0) is 46.6. The van der Waals surface area contributed by atoms with Crippen LogP contribution in [-0.4, -0.2) is 32.8 Å². The topological polar surface area (TPSA) is 190 Å². The molecule has 0 saturated heterocycles. The van der Waals surface area contributed by atoms with Gasteiger partial charge in [-0.05, 0) is 109 Å². The maximum absolute atomic E-state index is 14.0. The molecule has 68 heavy (non-hydrogen) atoms. The predicted octanol–water partition coefficient (Wildman–Crippen LogP) is 7.81. The summed E-state index contributed by atoms with van der Waals surface area (Å²) in [6.45, 7) is 1.94. The van der Waals surface area contributed by atoms with Crippen molar-refractivity contribution in [3.63, 3.8) is 0 Å². The van der Waals surface area contributed by atoms with Gasteiger partial charge < -0.3 is 18.9 Å². The first kappa shape index (κ1) is 38.7. The van der Waals surface area contributed by atoms with Gasteiger partial charge in [0.05, 0.1) is 60.9 Å². The van der Waals surface area contributed by atoms with Crippen LogP contribution in [-0.2, 0) is 7.05 Å². The summed E-state index contributed by atoms with van der Waals surface area (Å²) in [5.41, 5.74) is 0.864. The SMILES string of the molecule is Cc1ccc2c(c1)Oc1ccc(N3C(=O)c4ccc(-c5ccc6c(c5)C(=O)N(c5ccc7c(c5)Oc5ccc(-n8c(=O)c9cc%10c(=O)n(C)c(=O)c%10cc9c8=O)cc5O7)C6=O)cc4C3=O)cc1O2. The number of aryl methyl sites for hydroxylation is 1. The summed E-state index contributed by atoms with van der Waals surface area (Å²) in [5.74, 6) is 0.394. The van der Waals surface area contributed by atoms with Crippen LogP contribution < -0.4 is 51.0 Å². The molecular formula is C52H26N4O12. The van der Waals surface area contributed by atoms with Gasteiger partial charge in [-0.1, -0.05) is 18.2 Å². The van der Waals surface area contributed by atoms with Crippen molar-refractivity contribution in [1.82, 2.24) is 9.13 Å². The third-order valence-corrected chi connectivity index (χ3v) is 12.7. The van der Waals surface area contributed by atoms with Crippen molar-refractivity contribution in [2.75, 3.05) is 9.80 Å². The number of aromatic nitrogens is 2. The first-order valence-corrected chi connectivity index (χ1v) is 21.0. The van der Waals surface area contributed by atoms with Crippen molar-refractivity contribution < 1.29 is 38.1 Å². The lowest BCUT2D eigenvalue weighted by Gasteiger charge is -2.23. The molecule has 0 spiro atoms. The van der Waals surface area contributed by atoms with Crippen molar-refractivity contribution in [3.8, 4) is 62.8 Å². The van der Waals surface area contributed by atoms with E-state index in [2.05, 4.69) is 0 Å². The molecule has 9 aromatic rings. The van der Waals surface area contributed by atoms with Crippen molar-refractivity contribution in [1.29, 1.82) is 0 Å². The number of carbonyl (C=O) groups excluding carboxylic acids is 4.